The van der Waals surface area contributed by atoms with Gasteiger partial charge in [-0.3, -0.25) is 4.31 Å². The Balaban J connectivity index is 2.25. The first-order valence-electron chi connectivity index (χ1n) is 10.7. The van der Waals surface area contributed by atoms with Crippen molar-refractivity contribution in [3.05, 3.63) is 47.0 Å². The summed E-state index contributed by atoms with van der Waals surface area (Å²) in [6.45, 7) is 14.4. The smallest absolute Gasteiger partial charge is 0.264 e. The average molecular weight is 446 g/mol. The van der Waals surface area contributed by atoms with Crippen LogP contribution in [0.2, 0.25) is 0 Å². The maximum Gasteiger partial charge on any atom is 0.264 e. The van der Waals surface area contributed by atoms with E-state index in [1.165, 1.54) is 0 Å². The summed E-state index contributed by atoms with van der Waals surface area (Å²) in [5.41, 5.74) is 2.93. The molecule has 1 aliphatic heterocycles. The highest BCUT2D eigenvalue weighted by molar-refractivity contribution is 7.92. The molecule has 0 bridgehead atoms. The van der Waals surface area contributed by atoms with Crippen molar-refractivity contribution < 1.29 is 17.9 Å². The normalized spacial score (nSPS) is 16.9. The van der Waals surface area contributed by atoms with Crippen LogP contribution in [0.1, 0.15) is 65.2 Å². The molecule has 1 heterocycles. The molecule has 1 atom stereocenters. The minimum Gasteiger partial charge on any atom is -0.497 e. The minimum atomic E-state index is -3.77. The third kappa shape index (κ3) is 4.14. The van der Waals surface area contributed by atoms with Crippen molar-refractivity contribution in [1.29, 1.82) is 0 Å². The summed E-state index contributed by atoms with van der Waals surface area (Å²) in [4.78, 5) is 0.304. The van der Waals surface area contributed by atoms with Crippen molar-refractivity contribution in [3.63, 3.8) is 0 Å². The van der Waals surface area contributed by atoms with Crippen molar-refractivity contribution in [2.45, 2.75) is 76.7 Å². The lowest BCUT2D eigenvalue weighted by Crippen LogP contribution is -2.36. The molecule has 2 aromatic carbocycles. The first-order chi connectivity index (χ1) is 14.2. The third-order valence-electron chi connectivity index (χ3n) is 5.88. The summed E-state index contributed by atoms with van der Waals surface area (Å²) in [5.74, 6) is 1.50. The van der Waals surface area contributed by atoms with Crippen LogP contribution in [0.5, 0.6) is 11.5 Å². The number of fused-ring (bicyclic) bond motifs is 1. The van der Waals surface area contributed by atoms with Crippen LogP contribution >= 0.6 is 0 Å². The van der Waals surface area contributed by atoms with Gasteiger partial charge in [-0.1, -0.05) is 41.5 Å². The number of hydrogen-bond donors (Lipinski definition) is 0. The SMILES string of the molecule is COc1ccc2c(c1)C[C@@H](C)N2S(=O)(=O)c1cc(C(C)(C)C)c(OC)c(C(C)(C)C)c1. The van der Waals surface area contributed by atoms with Crippen molar-refractivity contribution in [2.24, 2.45) is 0 Å². The molecule has 0 unspecified atom stereocenters. The van der Waals surface area contributed by atoms with Gasteiger partial charge < -0.3 is 9.47 Å². The molecule has 0 spiro atoms. The second kappa shape index (κ2) is 7.73. The highest BCUT2D eigenvalue weighted by Crippen LogP contribution is 2.44. The number of hydrogen-bond acceptors (Lipinski definition) is 4. The van der Waals surface area contributed by atoms with Crippen LogP contribution in [0, 0.1) is 0 Å². The Hall–Kier alpha value is -2.21. The highest BCUT2D eigenvalue weighted by atomic mass is 32.2. The van der Waals surface area contributed by atoms with Gasteiger partial charge in [-0.05, 0) is 60.1 Å². The maximum absolute atomic E-state index is 14.0. The summed E-state index contributed by atoms with van der Waals surface area (Å²) in [6.07, 6.45) is 0.653. The number of benzene rings is 2. The summed E-state index contributed by atoms with van der Waals surface area (Å²) < 4.78 is 40.6. The lowest BCUT2D eigenvalue weighted by molar-refractivity contribution is 0.380. The van der Waals surface area contributed by atoms with Crippen LogP contribution in [0.15, 0.2) is 35.2 Å². The zero-order valence-corrected chi connectivity index (χ0v) is 21.0. The molecule has 0 aliphatic carbocycles. The van der Waals surface area contributed by atoms with E-state index in [0.29, 0.717) is 11.3 Å². The van der Waals surface area contributed by atoms with E-state index in [1.54, 1.807) is 30.7 Å². The van der Waals surface area contributed by atoms with Crippen molar-refractivity contribution in [3.8, 4) is 11.5 Å². The number of nitrogens with zero attached hydrogens (tertiary/aromatic N) is 1. The molecule has 31 heavy (non-hydrogen) atoms. The Morgan fingerprint density at radius 2 is 1.45 bits per heavy atom. The summed E-state index contributed by atoms with van der Waals surface area (Å²) in [5, 5.41) is 0. The van der Waals surface area contributed by atoms with Crippen LogP contribution in [-0.4, -0.2) is 28.7 Å². The van der Waals surface area contributed by atoms with Crippen LogP contribution in [0.3, 0.4) is 0 Å². The fourth-order valence-electron chi connectivity index (χ4n) is 4.27. The van der Waals surface area contributed by atoms with E-state index in [2.05, 4.69) is 41.5 Å². The van der Waals surface area contributed by atoms with Gasteiger partial charge in [0.25, 0.3) is 10.0 Å². The van der Waals surface area contributed by atoms with Crippen LogP contribution < -0.4 is 13.8 Å². The topological polar surface area (TPSA) is 55.8 Å². The molecule has 0 radical (unpaired) electrons. The molecule has 1 aliphatic rings. The third-order valence-corrected chi connectivity index (χ3v) is 7.79. The Morgan fingerprint density at radius 1 is 0.903 bits per heavy atom. The fraction of sp³-hybridized carbons (Fsp3) is 0.520. The van der Waals surface area contributed by atoms with Crippen molar-refractivity contribution in [2.75, 3.05) is 18.5 Å². The Bertz CT molecular complexity index is 1060. The number of rotatable bonds is 4. The van der Waals surface area contributed by atoms with E-state index in [1.807, 2.05) is 25.1 Å². The van der Waals surface area contributed by atoms with Gasteiger partial charge in [0.1, 0.15) is 11.5 Å². The monoisotopic (exact) mass is 445 g/mol. The summed E-state index contributed by atoms with van der Waals surface area (Å²) in [7, 11) is -0.502. The quantitative estimate of drug-likeness (QED) is 0.629. The summed E-state index contributed by atoms with van der Waals surface area (Å²) >= 11 is 0. The molecule has 170 valence electrons. The van der Waals surface area contributed by atoms with Gasteiger partial charge >= 0.3 is 0 Å². The number of sulfonamides is 1. The molecule has 3 rings (SSSR count). The molecule has 0 amide bonds. The van der Waals surface area contributed by atoms with Gasteiger partial charge in [-0.25, -0.2) is 8.42 Å². The molecule has 0 saturated carbocycles. The van der Waals surface area contributed by atoms with E-state index >= 15 is 0 Å². The van der Waals surface area contributed by atoms with Crippen LogP contribution in [0.25, 0.3) is 0 Å². The van der Waals surface area contributed by atoms with Gasteiger partial charge in [-0.15, -0.1) is 0 Å². The fourth-order valence-corrected chi connectivity index (χ4v) is 6.02. The van der Waals surface area contributed by atoms with E-state index in [4.69, 9.17) is 9.47 Å². The zero-order chi connectivity index (χ0) is 23.4. The van der Waals surface area contributed by atoms with Gasteiger partial charge in [0.05, 0.1) is 24.8 Å². The molecular weight excluding hydrogens is 410 g/mol. The predicted octanol–water partition coefficient (Wildman–Crippen LogP) is 5.44. The largest absolute Gasteiger partial charge is 0.497 e. The number of anilines is 1. The van der Waals surface area contributed by atoms with E-state index in [-0.39, 0.29) is 16.9 Å². The molecule has 5 nitrogen and oxygen atoms in total. The number of ether oxygens (including phenoxy) is 2. The Kier molecular flexibility index (Phi) is 5.85. The standard InChI is InChI=1S/C25H35NO4S/c1-16-12-17-13-18(29-8)10-11-22(17)26(16)31(27,28)19-14-20(24(2,3)4)23(30-9)21(15-19)25(5,6)7/h10-11,13-16H,12H2,1-9H3/t16-/m1/s1. The van der Waals surface area contributed by atoms with Gasteiger partial charge in [-0.2, -0.15) is 0 Å². The van der Waals surface area contributed by atoms with E-state index in [9.17, 15) is 8.42 Å². The second-order valence-electron chi connectivity index (χ2n) is 10.4. The molecule has 0 fully saturated rings. The lowest BCUT2D eigenvalue weighted by Gasteiger charge is -2.31. The summed E-state index contributed by atoms with van der Waals surface area (Å²) in [6, 6.07) is 8.99. The molecule has 6 heteroatoms. The second-order valence-corrected chi connectivity index (χ2v) is 12.2. The maximum atomic E-state index is 14.0. The number of methoxy groups -OCH3 is 2. The average Bonchev–Trinajstić information content (AvgIpc) is 3.00. The molecule has 0 aromatic heterocycles. The van der Waals surface area contributed by atoms with Gasteiger partial charge in [0.15, 0.2) is 0 Å². The van der Waals surface area contributed by atoms with Crippen LogP contribution in [-0.2, 0) is 27.3 Å². The first kappa shape index (κ1) is 23.5. The first-order valence-corrected chi connectivity index (χ1v) is 12.1. The van der Waals surface area contributed by atoms with E-state index < -0.39 is 10.0 Å². The van der Waals surface area contributed by atoms with Crippen molar-refractivity contribution in [1.82, 2.24) is 0 Å². The van der Waals surface area contributed by atoms with E-state index in [0.717, 1.165) is 33.9 Å². The highest BCUT2D eigenvalue weighted by Gasteiger charge is 2.38. The zero-order valence-electron chi connectivity index (χ0n) is 20.2. The molecular formula is C25H35NO4S. The Labute approximate surface area is 187 Å². The predicted molar refractivity (Wildman–Crippen MR) is 126 cm³/mol. The molecule has 0 saturated heterocycles. The van der Waals surface area contributed by atoms with Crippen LogP contribution in [0.4, 0.5) is 5.69 Å². The minimum absolute atomic E-state index is 0.176. The van der Waals surface area contributed by atoms with Crippen molar-refractivity contribution >= 4 is 15.7 Å². The van der Waals surface area contributed by atoms with Gasteiger partial charge in [0.2, 0.25) is 0 Å². The molecule has 2 aromatic rings. The Morgan fingerprint density at radius 3 is 1.90 bits per heavy atom. The molecule has 0 N–H and O–H groups in total. The lowest BCUT2D eigenvalue weighted by atomic mass is 9.79. The van der Waals surface area contributed by atoms with Gasteiger partial charge in [0, 0.05) is 17.2 Å².